The van der Waals surface area contributed by atoms with Gasteiger partial charge < -0.3 is 10.1 Å². The molecule has 24 heavy (non-hydrogen) atoms. The average Bonchev–Trinajstić information content (AvgIpc) is 2.54. The Bertz CT molecular complexity index is 743. The third-order valence-corrected chi connectivity index (χ3v) is 6.77. The Morgan fingerprint density at radius 2 is 2.25 bits per heavy atom. The normalized spacial score (nSPS) is 26.6. The summed E-state index contributed by atoms with van der Waals surface area (Å²) in [7, 11) is -3.20. The van der Waals surface area contributed by atoms with Crippen molar-refractivity contribution in [1.29, 1.82) is 0 Å². The highest BCUT2D eigenvalue weighted by atomic mass is 35.5. The summed E-state index contributed by atoms with van der Waals surface area (Å²) in [6.07, 6.45) is 0.558. The summed E-state index contributed by atoms with van der Waals surface area (Å²) in [5.41, 5.74) is 0.0145. The fraction of sp³-hybridized carbons (Fsp3) is 0.533. The minimum Gasteiger partial charge on any atom is -0.380 e. The van der Waals surface area contributed by atoms with Gasteiger partial charge in [0.05, 0.1) is 24.6 Å². The van der Waals surface area contributed by atoms with Crippen LogP contribution in [-0.4, -0.2) is 62.6 Å². The van der Waals surface area contributed by atoms with Gasteiger partial charge in [0, 0.05) is 24.2 Å². The molecule has 0 saturated carbocycles. The van der Waals surface area contributed by atoms with Crippen molar-refractivity contribution >= 4 is 33.0 Å². The number of sulfone groups is 1. The molecule has 0 unspecified atom stereocenters. The number of rotatable bonds is 3. The molecule has 0 aromatic heterocycles. The van der Waals surface area contributed by atoms with E-state index < -0.39 is 26.8 Å². The van der Waals surface area contributed by atoms with E-state index in [9.17, 15) is 17.6 Å². The Hall–Kier alpha value is -1.22. The van der Waals surface area contributed by atoms with Gasteiger partial charge in [0.1, 0.15) is 11.1 Å². The van der Waals surface area contributed by atoms with Gasteiger partial charge in [-0.3, -0.25) is 9.69 Å². The average molecular weight is 377 g/mol. The van der Waals surface area contributed by atoms with E-state index in [0.29, 0.717) is 18.1 Å². The second kappa shape index (κ2) is 6.95. The fourth-order valence-electron chi connectivity index (χ4n) is 3.19. The van der Waals surface area contributed by atoms with Gasteiger partial charge in [-0.15, -0.1) is 0 Å². The largest absolute Gasteiger partial charge is 0.380 e. The molecule has 2 saturated heterocycles. The SMILES string of the molecule is O=C(CN1CCS(=O)(=O)[C@H]2COCC[C@@H]21)Nc1cc(Cl)ccc1F. The molecular formula is C15H18ClFN2O4S. The summed E-state index contributed by atoms with van der Waals surface area (Å²) < 4.78 is 43.3. The summed E-state index contributed by atoms with van der Waals surface area (Å²) in [5.74, 6) is -0.977. The van der Waals surface area contributed by atoms with Crippen molar-refractivity contribution in [2.24, 2.45) is 0 Å². The standard InChI is InChI=1S/C15H18ClFN2O4S/c16-10-1-2-11(17)12(7-10)18-15(20)8-19-4-6-24(21,22)14-9-23-5-3-13(14)19/h1-2,7,13-14H,3-6,8-9H2,(H,18,20)/t13-,14-/m0/s1. The predicted octanol–water partition coefficient (Wildman–Crippen LogP) is 1.31. The number of fused-ring (bicyclic) bond motifs is 1. The van der Waals surface area contributed by atoms with E-state index in [1.165, 1.54) is 18.2 Å². The van der Waals surface area contributed by atoms with E-state index in [2.05, 4.69) is 5.32 Å². The number of anilines is 1. The van der Waals surface area contributed by atoms with Crippen molar-refractivity contribution in [3.05, 3.63) is 29.0 Å². The van der Waals surface area contributed by atoms with Gasteiger partial charge in [0.25, 0.3) is 0 Å². The molecule has 1 N–H and O–H groups in total. The topological polar surface area (TPSA) is 75.7 Å². The Kier molecular flexibility index (Phi) is 5.10. The molecule has 0 spiro atoms. The lowest BCUT2D eigenvalue weighted by Gasteiger charge is -2.42. The lowest BCUT2D eigenvalue weighted by molar-refractivity contribution is -0.118. The summed E-state index contributed by atoms with van der Waals surface area (Å²) >= 11 is 5.81. The first kappa shape index (κ1) is 17.6. The first-order chi connectivity index (χ1) is 11.4. The summed E-state index contributed by atoms with van der Waals surface area (Å²) in [6, 6.07) is 3.67. The number of carbonyl (C=O) groups is 1. The molecule has 1 aromatic carbocycles. The summed E-state index contributed by atoms with van der Waals surface area (Å²) in [4.78, 5) is 14.1. The van der Waals surface area contributed by atoms with Gasteiger partial charge in [0.15, 0.2) is 9.84 Å². The zero-order chi connectivity index (χ0) is 17.3. The smallest absolute Gasteiger partial charge is 0.238 e. The van der Waals surface area contributed by atoms with Gasteiger partial charge in [-0.1, -0.05) is 11.6 Å². The molecule has 2 aliphatic heterocycles. The van der Waals surface area contributed by atoms with Gasteiger partial charge >= 0.3 is 0 Å². The number of nitrogens with one attached hydrogen (secondary N) is 1. The molecule has 2 atom stereocenters. The van der Waals surface area contributed by atoms with Crippen molar-refractivity contribution in [3.8, 4) is 0 Å². The molecule has 132 valence electrons. The maximum atomic E-state index is 13.7. The summed E-state index contributed by atoms with van der Waals surface area (Å²) in [6.45, 7) is 0.920. The maximum Gasteiger partial charge on any atom is 0.238 e. The quantitative estimate of drug-likeness (QED) is 0.860. The van der Waals surface area contributed by atoms with E-state index >= 15 is 0 Å². The highest BCUT2D eigenvalue weighted by molar-refractivity contribution is 7.92. The Labute approximate surface area is 144 Å². The van der Waals surface area contributed by atoms with Crippen LogP contribution >= 0.6 is 11.6 Å². The van der Waals surface area contributed by atoms with Crippen LogP contribution in [0.3, 0.4) is 0 Å². The number of hydrogen-bond donors (Lipinski definition) is 1. The first-order valence-corrected chi connectivity index (χ1v) is 9.74. The molecule has 6 nitrogen and oxygen atoms in total. The Morgan fingerprint density at radius 1 is 1.46 bits per heavy atom. The molecule has 2 aliphatic rings. The van der Waals surface area contributed by atoms with Crippen molar-refractivity contribution in [2.75, 3.05) is 37.4 Å². The van der Waals surface area contributed by atoms with Crippen LogP contribution in [0.15, 0.2) is 18.2 Å². The van der Waals surface area contributed by atoms with Gasteiger partial charge in [0.2, 0.25) is 5.91 Å². The Balaban J connectivity index is 1.69. The highest BCUT2D eigenvalue weighted by Crippen LogP contribution is 2.26. The fourth-order valence-corrected chi connectivity index (χ4v) is 5.24. The van der Waals surface area contributed by atoms with Gasteiger partial charge in [-0.2, -0.15) is 0 Å². The number of nitrogens with zero attached hydrogens (tertiary/aromatic N) is 1. The molecule has 3 rings (SSSR count). The minimum absolute atomic E-state index is 0.00262. The molecule has 1 amide bonds. The van der Waals surface area contributed by atoms with Crippen LogP contribution < -0.4 is 5.32 Å². The third kappa shape index (κ3) is 3.72. The number of carbonyl (C=O) groups excluding carboxylic acids is 1. The monoisotopic (exact) mass is 376 g/mol. The summed E-state index contributed by atoms with van der Waals surface area (Å²) in [5, 5.41) is 2.21. The van der Waals surface area contributed by atoms with E-state index in [4.69, 9.17) is 16.3 Å². The first-order valence-electron chi connectivity index (χ1n) is 7.65. The number of halogens is 2. The number of hydrogen-bond acceptors (Lipinski definition) is 5. The van der Waals surface area contributed by atoms with Crippen molar-refractivity contribution < 1.29 is 22.3 Å². The van der Waals surface area contributed by atoms with Crippen LogP contribution in [0.1, 0.15) is 6.42 Å². The van der Waals surface area contributed by atoms with E-state index in [-0.39, 0.29) is 37.2 Å². The van der Waals surface area contributed by atoms with Crippen LogP contribution in [0.5, 0.6) is 0 Å². The number of amides is 1. The van der Waals surface area contributed by atoms with Crippen molar-refractivity contribution in [3.63, 3.8) is 0 Å². The molecule has 9 heteroatoms. The van der Waals surface area contributed by atoms with Crippen LogP contribution in [0, 0.1) is 5.82 Å². The van der Waals surface area contributed by atoms with Crippen molar-refractivity contribution in [1.82, 2.24) is 4.90 Å². The highest BCUT2D eigenvalue weighted by Gasteiger charge is 2.43. The molecule has 1 aromatic rings. The second-order valence-corrected chi connectivity index (χ2v) is 8.76. The molecule has 0 radical (unpaired) electrons. The number of benzene rings is 1. The molecule has 2 heterocycles. The van der Waals surface area contributed by atoms with E-state index in [1.807, 2.05) is 4.90 Å². The Morgan fingerprint density at radius 3 is 3.04 bits per heavy atom. The predicted molar refractivity (Wildman–Crippen MR) is 88.4 cm³/mol. The minimum atomic E-state index is -3.20. The van der Waals surface area contributed by atoms with Crippen LogP contribution in [0.25, 0.3) is 0 Å². The zero-order valence-electron chi connectivity index (χ0n) is 12.9. The molecule has 0 aliphatic carbocycles. The van der Waals surface area contributed by atoms with E-state index in [1.54, 1.807) is 0 Å². The zero-order valence-corrected chi connectivity index (χ0v) is 14.4. The van der Waals surface area contributed by atoms with Crippen LogP contribution in [0.4, 0.5) is 10.1 Å². The lowest BCUT2D eigenvalue weighted by Crippen LogP contribution is -2.59. The molecule has 2 fully saturated rings. The molecular weight excluding hydrogens is 359 g/mol. The third-order valence-electron chi connectivity index (χ3n) is 4.41. The van der Waals surface area contributed by atoms with E-state index in [0.717, 1.165) is 0 Å². The van der Waals surface area contributed by atoms with Crippen molar-refractivity contribution in [2.45, 2.75) is 17.7 Å². The van der Waals surface area contributed by atoms with Crippen LogP contribution in [-0.2, 0) is 19.4 Å². The lowest BCUT2D eigenvalue weighted by atomic mass is 10.1. The molecule has 0 bridgehead atoms. The van der Waals surface area contributed by atoms with Crippen LogP contribution in [0.2, 0.25) is 5.02 Å². The number of ether oxygens (including phenoxy) is 1. The van der Waals surface area contributed by atoms with Gasteiger partial charge in [-0.25, -0.2) is 12.8 Å². The maximum absolute atomic E-state index is 13.7. The second-order valence-electron chi connectivity index (χ2n) is 5.98. The van der Waals surface area contributed by atoms with Gasteiger partial charge in [-0.05, 0) is 24.6 Å².